The molecule has 0 heterocycles. The maximum atomic E-state index is 12.4. The molecule has 3 heteroatoms. The topological polar surface area (TPSA) is 26.3 Å². The van der Waals surface area contributed by atoms with Gasteiger partial charge in [-0.15, -0.1) is 11.8 Å². The Kier molecular flexibility index (Phi) is 4.85. The smallest absolute Gasteiger partial charge is 0.326 e. The van der Waals surface area contributed by atoms with Crippen molar-refractivity contribution in [3.05, 3.63) is 66.2 Å². The molecule has 2 nitrogen and oxygen atoms in total. The van der Waals surface area contributed by atoms with E-state index in [0.717, 1.165) is 10.5 Å². The molecule has 0 N–H and O–H groups in total. The number of carbonyl (C=O) groups excluding carboxylic acids is 1. The number of hydrogen-bond donors (Lipinski definition) is 0. The van der Waals surface area contributed by atoms with Crippen molar-refractivity contribution in [2.75, 3.05) is 6.61 Å². The first kappa shape index (κ1) is 14.7. The highest BCUT2D eigenvalue weighted by atomic mass is 32.2. The lowest BCUT2D eigenvalue weighted by atomic mass is 10.0. The molecular formula is C17H18O2S. The zero-order valence-electron chi connectivity index (χ0n) is 11.7. The second-order valence-electron chi connectivity index (χ2n) is 4.53. The Bertz CT molecular complexity index is 554. The lowest BCUT2D eigenvalue weighted by Crippen LogP contribution is -2.31. The van der Waals surface area contributed by atoms with E-state index < -0.39 is 4.75 Å². The molecule has 0 fully saturated rings. The largest absolute Gasteiger partial charge is 0.465 e. The molecule has 2 aromatic rings. The van der Waals surface area contributed by atoms with Gasteiger partial charge in [-0.2, -0.15) is 0 Å². The molecule has 0 aliphatic rings. The predicted molar refractivity (Wildman–Crippen MR) is 82.7 cm³/mol. The van der Waals surface area contributed by atoms with Gasteiger partial charge in [-0.25, -0.2) is 0 Å². The van der Waals surface area contributed by atoms with E-state index in [9.17, 15) is 4.79 Å². The van der Waals surface area contributed by atoms with Crippen LogP contribution in [0.1, 0.15) is 19.4 Å². The van der Waals surface area contributed by atoms with Crippen molar-refractivity contribution < 1.29 is 9.53 Å². The second kappa shape index (κ2) is 6.62. The normalized spacial score (nSPS) is 13.5. The van der Waals surface area contributed by atoms with Gasteiger partial charge in [-0.3, -0.25) is 4.79 Å². The van der Waals surface area contributed by atoms with Gasteiger partial charge < -0.3 is 4.74 Å². The van der Waals surface area contributed by atoms with Crippen LogP contribution in [0.15, 0.2) is 65.6 Å². The van der Waals surface area contributed by atoms with E-state index in [1.165, 1.54) is 11.8 Å². The van der Waals surface area contributed by atoms with Crippen LogP contribution >= 0.6 is 11.8 Å². The number of carbonyl (C=O) groups is 1. The van der Waals surface area contributed by atoms with Gasteiger partial charge in [0, 0.05) is 4.90 Å². The molecule has 20 heavy (non-hydrogen) atoms. The van der Waals surface area contributed by atoms with Crippen molar-refractivity contribution in [1.82, 2.24) is 0 Å². The number of ether oxygens (including phenoxy) is 1. The zero-order chi connectivity index (χ0) is 14.4. The first-order valence-electron chi connectivity index (χ1n) is 6.63. The Morgan fingerprint density at radius 3 is 2.15 bits per heavy atom. The summed E-state index contributed by atoms with van der Waals surface area (Å²) in [5.41, 5.74) is 0.951. The molecule has 1 atom stereocenters. The summed E-state index contributed by atoms with van der Waals surface area (Å²) in [7, 11) is 0. The quantitative estimate of drug-likeness (QED) is 0.607. The minimum atomic E-state index is -0.737. The number of thioether (sulfide) groups is 1. The summed E-state index contributed by atoms with van der Waals surface area (Å²) in [6.45, 7) is 4.13. The molecule has 2 aromatic carbocycles. The van der Waals surface area contributed by atoms with Crippen molar-refractivity contribution in [3.8, 4) is 0 Å². The summed E-state index contributed by atoms with van der Waals surface area (Å²) in [5.74, 6) is -0.208. The van der Waals surface area contributed by atoms with Crippen LogP contribution in [0.3, 0.4) is 0 Å². The summed E-state index contributed by atoms with van der Waals surface area (Å²) in [6, 6.07) is 19.7. The minimum Gasteiger partial charge on any atom is -0.465 e. The van der Waals surface area contributed by atoms with E-state index in [-0.39, 0.29) is 5.97 Å². The van der Waals surface area contributed by atoms with Crippen LogP contribution in [0.5, 0.6) is 0 Å². The molecule has 2 rings (SSSR count). The lowest BCUT2D eigenvalue weighted by molar-refractivity contribution is -0.145. The average Bonchev–Trinajstić information content (AvgIpc) is 2.49. The third kappa shape index (κ3) is 3.23. The van der Waals surface area contributed by atoms with E-state index >= 15 is 0 Å². The number of hydrogen-bond acceptors (Lipinski definition) is 3. The zero-order valence-corrected chi connectivity index (χ0v) is 12.5. The fourth-order valence-corrected chi connectivity index (χ4v) is 3.13. The Balaban J connectivity index is 2.36. The van der Waals surface area contributed by atoms with Gasteiger partial charge >= 0.3 is 5.97 Å². The molecule has 0 radical (unpaired) electrons. The van der Waals surface area contributed by atoms with Crippen molar-refractivity contribution >= 4 is 17.7 Å². The molecule has 0 aromatic heterocycles. The van der Waals surface area contributed by atoms with E-state index in [4.69, 9.17) is 4.74 Å². The summed E-state index contributed by atoms with van der Waals surface area (Å²) in [5, 5.41) is 0. The fourth-order valence-electron chi connectivity index (χ4n) is 1.97. The Hall–Kier alpha value is -1.74. The number of rotatable bonds is 5. The van der Waals surface area contributed by atoms with Crippen LogP contribution in [0.4, 0.5) is 0 Å². The number of esters is 1. The van der Waals surface area contributed by atoms with Crippen LogP contribution in [0.25, 0.3) is 0 Å². The summed E-state index contributed by atoms with van der Waals surface area (Å²) < 4.78 is 4.54. The SMILES string of the molecule is CCOC(=O)C(C)(Sc1ccccc1)c1ccccc1. The van der Waals surface area contributed by atoms with Crippen LogP contribution in [0, 0.1) is 0 Å². The molecule has 0 aliphatic carbocycles. The Labute approximate surface area is 124 Å². The monoisotopic (exact) mass is 286 g/mol. The van der Waals surface area contributed by atoms with Crippen molar-refractivity contribution in [2.45, 2.75) is 23.5 Å². The Morgan fingerprint density at radius 2 is 1.60 bits per heavy atom. The molecule has 0 aliphatic heterocycles. The highest BCUT2D eigenvalue weighted by Gasteiger charge is 2.37. The molecule has 0 bridgehead atoms. The summed E-state index contributed by atoms with van der Waals surface area (Å²) in [6.07, 6.45) is 0. The van der Waals surface area contributed by atoms with Gasteiger partial charge in [0.05, 0.1) is 6.61 Å². The Morgan fingerprint density at radius 1 is 1.05 bits per heavy atom. The van der Waals surface area contributed by atoms with Crippen LogP contribution in [0.2, 0.25) is 0 Å². The van der Waals surface area contributed by atoms with Crippen molar-refractivity contribution in [2.24, 2.45) is 0 Å². The van der Waals surface area contributed by atoms with Gasteiger partial charge in [0.2, 0.25) is 0 Å². The second-order valence-corrected chi connectivity index (χ2v) is 6.03. The lowest BCUT2D eigenvalue weighted by Gasteiger charge is -2.27. The molecule has 1 unspecified atom stereocenters. The van der Waals surface area contributed by atoms with Crippen LogP contribution in [-0.2, 0) is 14.3 Å². The summed E-state index contributed by atoms with van der Waals surface area (Å²) in [4.78, 5) is 13.5. The van der Waals surface area contributed by atoms with Crippen molar-refractivity contribution in [1.29, 1.82) is 0 Å². The fraction of sp³-hybridized carbons (Fsp3) is 0.235. The summed E-state index contributed by atoms with van der Waals surface area (Å²) >= 11 is 1.52. The van der Waals surface area contributed by atoms with Gasteiger partial charge in [0.15, 0.2) is 0 Å². The first-order chi connectivity index (χ1) is 9.66. The van der Waals surface area contributed by atoms with Crippen LogP contribution in [-0.4, -0.2) is 12.6 Å². The van der Waals surface area contributed by atoms with E-state index in [0.29, 0.717) is 6.61 Å². The molecule has 0 saturated carbocycles. The standard InChI is InChI=1S/C17H18O2S/c1-3-19-16(18)17(2,14-10-6-4-7-11-14)20-15-12-8-5-9-13-15/h4-13H,3H2,1-2H3. The molecule has 104 valence electrons. The van der Waals surface area contributed by atoms with Gasteiger partial charge in [-0.05, 0) is 31.5 Å². The first-order valence-corrected chi connectivity index (χ1v) is 7.45. The maximum Gasteiger partial charge on any atom is 0.326 e. The average molecular weight is 286 g/mol. The van der Waals surface area contributed by atoms with E-state index in [1.54, 1.807) is 0 Å². The van der Waals surface area contributed by atoms with Gasteiger partial charge in [0.25, 0.3) is 0 Å². The van der Waals surface area contributed by atoms with Gasteiger partial charge in [0.1, 0.15) is 4.75 Å². The van der Waals surface area contributed by atoms with Crippen molar-refractivity contribution in [3.63, 3.8) is 0 Å². The molecule has 0 saturated heterocycles. The highest BCUT2D eigenvalue weighted by Crippen LogP contribution is 2.42. The third-order valence-electron chi connectivity index (χ3n) is 3.05. The maximum absolute atomic E-state index is 12.4. The molecular weight excluding hydrogens is 268 g/mol. The van der Waals surface area contributed by atoms with E-state index in [2.05, 4.69) is 0 Å². The molecule has 0 spiro atoms. The number of benzene rings is 2. The third-order valence-corrected chi connectivity index (χ3v) is 4.37. The highest BCUT2D eigenvalue weighted by molar-refractivity contribution is 8.01. The molecule has 0 amide bonds. The van der Waals surface area contributed by atoms with Crippen LogP contribution < -0.4 is 0 Å². The van der Waals surface area contributed by atoms with Gasteiger partial charge in [-0.1, -0.05) is 48.5 Å². The minimum absolute atomic E-state index is 0.208. The predicted octanol–water partition coefficient (Wildman–Crippen LogP) is 4.26. The van der Waals surface area contributed by atoms with E-state index in [1.807, 2.05) is 74.5 Å².